The monoisotopic (exact) mass is 505 g/mol. The molecule has 2 aromatic heterocycles. The smallest absolute Gasteiger partial charge is 0.354 e. The van der Waals surface area contributed by atoms with E-state index in [-0.39, 0.29) is 17.3 Å². The van der Waals surface area contributed by atoms with Crippen molar-refractivity contribution in [1.82, 2.24) is 19.5 Å². The van der Waals surface area contributed by atoms with Gasteiger partial charge in [-0.25, -0.2) is 23.1 Å². The third-order valence-corrected chi connectivity index (χ3v) is 7.24. The van der Waals surface area contributed by atoms with Crippen LogP contribution >= 0.6 is 0 Å². The van der Waals surface area contributed by atoms with Gasteiger partial charge in [-0.15, -0.1) is 0 Å². The first-order chi connectivity index (χ1) is 17.9. The number of aromatic nitrogens is 3. The Bertz CT molecular complexity index is 1490. The number of carboxylic acid groups (broad SMARTS) is 1. The molecule has 0 unspecified atom stereocenters. The number of rotatable bonds is 4. The maximum Gasteiger partial charge on any atom is 0.354 e. The summed E-state index contributed by atoms with van der Waals surface area (Å²) in [6, 6.07) is 13.8. The summed E-state index contributed by atoms with van der Waals surface area (Å²) in [4.78, 5) is 18.5. The number of carbonyl (C=O) groups is 1. The van der Waals surface area contributed by atoms with E-state index in [9.17, 15) is 18.7 Å². The average molecular weight is 506 g/mol. The van der Waals surface area contributed by atoms with Crippen LogP contribution in [0.15, 0.2) is 54.6 Å². The Morgan fingerprint density at radius 1 is 1.14 bits per heavy atom. The van der Waals surface area contributed by atoms with Crippen LogP contribution in [0, 0.1) is 11.6 Å². The molecule has 6 rings (SSSR count). The highest BCUT2D eigenvalue weighted by Crippen LogP contribution is 2.34. The quantitative estimate of drug-likeness (QED) is 0.437. The molecule has 0 aliphatic carbocycles. The van der Waals surface area contributed by atoms with E-state index in [0.29, 0.717) is 43.9 Å². The van der Waals surface area contributed by atoms with Crippen LogP contribution in [-0.4, -0.2) is 55.8 Å². The maximum atomic E-state index is 14.3. The van der Waals surface area contributed by atoms with Gasteiger partial charge in [0.1, 0.15) is 17.7 Å². The molecule has 3 N–H and O–H groups in total. The predicted octanol–water partition coefficient (Wildman–Crippen LogP) is 3.59. The summed E-state index contributed by atoms with van der Waals surface area (Å²) in [5.41, 5.74) is 10.2. The van der Waals surface area contributed by atoms with Crippen molar-refractivity contribution < 1.29 is 23.4 Å². The molecular weight excluding hydrogens is 480 g/mol. The Labute approximate surface area is 211 Å². The number of aromatic carboxylic acids is 1. The number of hydrogen-bond acceptors (Lipinski definition) is 6. The van der Waals surface area contributed by atoms with E-state index >= 15 is 0 Å². The zero-order chi connectivity index (χ0) is 25.7. The summed E-state index contributed by atoms with van der Waals surface area (Å²) in [6.07, 6.45) is 0.471. The van der Waals surface area contributed by atoms with Crippen molar-refractivity contribution in [3.63, 3.8) is 0 Å². The molecule has 1 fully saturated rings. The lowest BCUT2D eigenvalue weighted by atomic mass is 9.92. The number of nitrogens with two attached hydrogens (primary N) is 1. The van der Waals surface area contributed by atoms with Gasteiger partial charge >= 0.3 is 5.97 Å². The predicted molar refractivity (Wildman–Crippen MR) is 131 cm³/mol. The third-order valence-electron chi connectivity index (χ3n) is 7.24. The van der Waals surface area contributed by atoms with E-state index in [0.717, 1.165) is 35.0 Å². The Morgan fingerprint density at radius 3 is 2.70 bits per heavy atom. The van der Waals surface area contributed by atoms with Gasteiger partial charge < -0.3 is 15.6 Å². The van der Waals surface area contributed by atoms with Crippen LogP contribution in [0.3, 0.4) is 0 Å². The minimum atomic E-state index is -1.11. The highest BCUT2D eigenvalue weighted by atomic mass is 19.1. The molecule has 0 amide bonds. The summed E-state index contributed by atoms with van der Waals surface area (Å²) < 4.78 is 35.8. The molecular formula is C27H25F2N5O3. The molecule has 0 saturated carbocycles. The van der Waals surface area contributed by atoms with Gasteiger partial charge in [0.15, 0.2) is 11.3 Å². The van der Waals surface area contributed by atoms with E-state index in [4.69, 9.17) is 15.6 Å². The second-order valence-corrected chi connectivity index (χ2v) is 9.55. The van der Waals surface area contributed by atoms with E-state index in [1.54, 1.807) is 10.6 Å². The Balaban J connectivity index is 1.29. The zero-order valence-electron chi connectivity index (χ0n) is 19.8. The van der Waals surface area contributed by atoms with Gasteiger partial charge in [0.2, 0.25) is 0 Å². The Morgan fingerprint density at radius 2 is 1.95 bits per heavy atom. The normalized spacial score (nSPS) is 22.2. The molecule has 1 saturated heterocycles. The molecule has 8 nitrogen and oxygen atoms in total. The fourth-order valence-corrected chi connectivity index (χ4v) is 5.39. The largest absolute Gasteiger partial charge is 0.477 e. The first-order valence-corrected chi connectivity index (χ1v) is 12.2. The van der Waals surface area contributed by atoms with E-state index in [1.165, 1.54) is 0 Å². The number of hydrogen-bond donors (Lipinski definition) is 2. The van der Waals surface area contributed by atoms with Gasteiger partial charge in [0.25, 0.3) is 0 Å². The second kappa shape index (κ2) is 9.29. The Hall–Kier alpha value is -3.73. The summed E-state index contributed by atoms with van der Waals surface area (Å²) in [7, 11) is 0. The number of carboxylic acids is 1. The molecule has 37 heavy (non-hydrogen) atoms. The third kappa shape index (κ3) is 4.26. The van der Waals surface area contributed by atoms with Crippen LogP contribution in [0.2, 0.25) is 0 Å². The number of ether oxygens (including phenoxy) is 1. The summed E-state index contributed by atoms with van der Waals surface area (Å²) >= 11 is 0. The van der Waals surface area contributed by atoms with Crippen LogP contribution in [0.4, 0.5) is 8.78 Å². The SMILES string of the molecule is N[C@H]1C[C@@H](N2CCc3nn4c(-c5ccccc5)cc(C(=O)O)nc4c3C2)CO[C@@H]1c1cc(F)ccc1F. The number of fused-ring (bicyclic) bond motifs is 3. The maximum absolute atomic E-state index is 14.3. The lowest BCUT2D eigenvalue weighted by molar-refractivity contribution is -0.0547. The molecule has 190 valence electrons. The van der Waals surface area contributed by atoms with Crippen molar-refractivity contribution in [2.75, 3.05) is 13.2 Å². The van der Waals surface area contributed by atoms with Crippen molar-refractivity contribution in [3.05, 3.63) is 88.7 Å². The topological polar surface area (TPSA) is 106 Å². The van der Waals surface area contributed by atoms with Crippen molar-refractivity contribution in [2.24, 2.45) is 5.73 Å². The van der Waals surface area contributed by atoms with Crippen LogP contribution in [-0.2, 0) is 17.7 Å². The number of nitrogens with zero attached hydrogens (tertiary/aromatic N) is 4. The Kier molecular flexibility index (Phi) is 5.94. The molecule has 0 spiro atoms. The van der Waals surface area contributed by atoms with Crippen LogP contribution < -0.4 is 5.73 Å². The lowest BCUT2D eigenvalue weighted by Gasteiger charge is -2.41. The minimum absolute atomic E-state index is 0.0396. The lowest BCUT2D eigenvalue weighted by Crippen LogP contribution is -2.50. The van der Waals surface area contributed by atoms with Crippen molar-refractivity contribution >= 4 is 11.6 Å². The summed E-state index contributed by atoms with van der Waals surface area (Å²) in [5, 5.41) is 14.5. The van der Waals surface area contributed by atoms with Crippen molar-refractivity contribution in [1.29, 1.82) is 0 Å². The molecule has 3 atom stereocenters. The fraction of sp³-hybridized carbons (Fsp3) is 0.296. The molecule has 2 aliphatic heterocycles. The van der Waals surface area contributed by atoms with Gasteiger partial charge in [0, 0.05) is 48.3 Å². The molecule has 10 heteroatoms. The highest BCUT2D eigenvalue weighted by molar-refractivity contribution is 5.88. The highest BCUT2D eigenvalue weighted by Gasteiger charge is 2.36. The van der Waals surface area contributed by atoms with Gasteiger partial charge in [0.05, 0.1) is 18.0 Å². The van der Waals surface area contributed by atoms with Gasteiger partial charge in [-0.3, -0.25) is 4.90 Å². The molecule has 2 aromatic carbocycles. The molecule has 4 heterocycles. The van der Waals surface area contributed by atoms with Gasteiger partial charge in [-0.05, 0) is 30.7 Å². The fourth-order valence-electron chi connectivity index (χ4n) is 5.39. The van der Waals surface area contributed by atoms with E-state index in [2.05, 4.69) is 9.88 Å². The molecule has 2 aliphatic rings. The average Bonchev–Trinajstić information content (AvgIpc) is 3.28. The molecule has 0 bridgehead atoms. The number of benzene rings is 2. The van der Waals surface area contributed by atoms with E-state index < -0.39 is 29.7 Å². The standard InChI is InChI=1S/C27H25F2N5O3/c28-16-6-7-20(29)18(10-16)25-21(30)11-17(14-37-25)33-9-8-22-19(13-33)26-31-23(27(35)36)12-24(34(26)32-22)15-4-2-1-3-5-15/h1-7,10,12,17,21,25H,8-9,11,13-14,30H2,(H,35,36)/t17-,21+,25-/m1/s1. The first kappa shape index (κ1) is 23.7. The molecule has 4 aromatic rings. The first-order valence-electron chi connectivity index (χ1n) is 12.2. The zero-order valence-corrected chi connectivity index (χ0v) is 19.8. The molecule has 0 radical (unpaired) electrons. The van der Waals surface area contributed by atoms with E-state index in [1.807, 2.05) is 30.3 Å². The minimum Gasteiger partial charge on any atom is -0.477 e. The van der Waals surface area contributed by atoms with Crippen LogP contribution in [0.1, 0.15) is 39.8 Å². The second-order valence-electron chi connectivity index (χ2n) is 9.55. The van der Waals surface area contributed by atoms with Crippen molar-refractivity contribution in [3.8, 4) is 11.3 Å². The van der Waals surface area contributed by atoms with Crippen molar-refractivity contribution in [2.45, 2.75) is 37.6 Å². The van der Waals surface area contributed by atoms with Crippen LogP contribution in [0.25, 0.3) is 16.9 Å². The number of halogens is 2. The van der Waals surface area contributed by atoms with Gasteiger partial charge in [-0.1, -0.05) is 30.3 Å². The van der Waals surface area contributed by atoms with Gasteiger partial charge in [-0.2, -0.15) is 5.10 Å². The van der Waals surface area contributed by atoms with Crippen LogP contribution in [0.5, 0.6) is 0 Å². The summed E-state index contributed by atoms with van der Waals surface area (Å²) in [5.74, 6) is -2.18. The summed E-state index contributed by atoms with van der Waals surface area (Å²) in [6.45, 7) is 1.53.